The molecular formula is C20H23FN2O4. The van der Waals surface area contributed by atoms with Gasteiger partial charge in [0.2, 0.25) is 0 Å². The lowest BCUT2D eigenvalue weighted by atomic mass is 10.1. The molecule has 1 amide bonds. The number of ketones is 1. The van der Waals surface area contributed by atoms with Crippen LogP contribution in [0.2, 0.25) is 0 Å². The molecule has 0 aliphatic rings. The zero-order valence-electron chi connectivity index (χ0n) is 16.1. The minimum absolute atomic E-state index is 0.0892. The van der Waals surface area contributed by atoms with Crippen LogP contribution in [-0.4, -0.2) is 28.8 Å². The van der Waals surface area contributed by atoms with Gasteiger partial charge in [-0.05, 0) is 56.5 Å². The Kier molecular flexibility index (Phi) is 6.15. The van der Waals surface area contributed by atoms with Crippen molar-refractivity contribution in [3.63, 3.8) is 0 Å². The number of amides is 1. The second kappa shape index (κ2) is 8.16. The average molecular weight is 374 g/mol. The van der Waals surface area contributed by atoms with Crippen molar-refractivity contribution in [1.82, 2.24) is 4.57 Å². The lowest BCUT2D eigenvalue weighted by Gasteiger charge is -2.09. The Balaban J connectivity index is 2.45. The molecule has 1 heterocycles. The molecule has 0 fully saturated rings. The van der Waals surface area contributed by atoms with Crippen LogP contribution in [0.1, 0.15) is 51.5 Å². The number of aryl methyl sites for hydroxylation is 1. The summed E-state index contributed by atoms with van der Waals surface area (Å²) in [7, 11) is 1.64. The highest BCUT2D eigenvalue weighted by molar-refractivity contribution is 6.40. The summed E-state index contributed by atoms with van der Waals surface area (Å²) >= 11 is 0. The molecule has 0 saturated carbocycles. The summed E-state index contributed by atoms with van der Waals surface area (Å²) in [4.78, 5) is 37.2. The summed E-state index contributed by atoms with van der Waals surface area (Å²) in [5, 5.41) is 2.73. The number of rotatable bonds is 6. The standard InChI is InChI=1S/C20H23FN2O4/c1-6-15-16(19(25)22-13-8-9-14(21)11(3)10-13)12(4)17(23(15)5)18(24)20(26)27-7-2/h8-10H,6-7H2,1-5H3,(H,22,25). The first kappa shape index (κ1) is 20.4. The Labute approximate surface area is 157 Å². The molecule has 0 spiro atoms. The molecular weight excluding hydrogens is 351 g/mol. The minimum Gasteiger partial charge on any atom is -0.460 e. The predicted octanol–water partition coefficient (Wildman–Crippen LogP) is 3.34. The summed E-state index contributed by atoms with van der Waals surface area (Å²) < 4.78 is 19.8. The van der Waals surface area contributed by atoms with Gasteiger partial charge in [-0.25, -0.2) is 9.18 Å². The van der Waals surface area contributed by atoms with Crippen molar-refractivity contribution in [3.8, 4) is 0 Å². The molecule has 1 aromatic carbocycles. The van der Waals surface area contributed by atoms with Crippen LogP contribution in [0.25, 0.3) is 0 Å². The highest BCUT2D eigenvalue weighted by Gasteiger charge is 2.30. The van der Waals surface area contributed by atoms with Gasteiger partial charge < -0.3 is 14.6 Å². The van der Waals surface area contributed by atoms with Gasteiger partial charge in [0, 0.05) is 18.4 Å². The number of carbonyl (C=O) groups is 3. The third kappa shape index (κ3) is 3.92. The Morgan fingerprint density at radius 3 is 2.41 bits per heavy atom. The Bertz CT molecular complexity index is 915. The van der Waals surface area contributed by atoms with E-state index < -0.39 is 17.7 Å². The number of hydrogen-bond donors (Lipinski definition) is 1. The monoisotopic (exact) mass is 374 g/mol. The van der Waals surface area contributed by atoms with Crippen LogP contribution in [0, 0.1) is 19.7 Å². The second-order valence-corrected chi connectivity index (χ2v) is 6.18. The molecule has 6 nitrogen and oxygen atoms in total. The van der Waals surface area contributed by atoms with Gasteiger partial charge in [-0.15, -0.1) is 0 Å². The first-order chi connectivity index (χ1) is 12.7. The molecule has 0 bridgehead atoms. The van der Waals surface area contributed by atoms with E-state index in [4.69, 9.17) is 4.74 Å². The molecule has 1 N–H and O–H groups in total. The van der Waals surface area contributed by atoms with Gasteiger partial charge >= 0.3 is 5.97 Å². The number of ether oxygens (including phenoxy) is 1. The molecule has 0 atom stereocenters. The number of nitrogens with one attached hydrogen (secondary N) is 1. The molecule has 0 radical (unpaired) electrons. The molecule has 0 unspecified atom stereocenters. The third-order valence-electron chi connectivity index (χ3n) is 4.41. The van der Waals surface area contributed by atoms with E-state index in [-0.39, 0.29) is 18.1 Å². The van der Waals surface area contributed by atoms with Crippen LogP contribution in [-0.2, 0) is 23.0 Å². The summed E-state index contributed by atoms with van der Waals surface area (Å²) in [6, 6.07) is 4.27. The molecule has 27 heavy (non-hydrogen) atoms. The first-order valence-electron chi connectivity index (χ1n) is 8.69. The average Bonchev–Trinajstić information content (AvgIpc) is 2.87. The molecule has 1 aromatic heterocycles. The lowest BCUT2D eigenvalue weighted by Crippen LogP contribution is -2.21. The van der Waals surface area contributed by atoms with Crippen molar-refractivity contribution < 1.29 is 23.5 Å². The summed E-state index contributed by atoms with van der Waals surface area (Å²) in [6.07, 6.45) is 0.485. The summed E-state index contributed by atoms with van der Waals surface area (Å²) in [5.41, 5.74) is 2.34. The minimum atomic E-state index is -0.954. The van der Waals surface area contributed by atoms with Gasteiger partial charge in [-0.1, -0.05) is 6.92 Å². The van der Waals surface area contributed by atoms with Crippen LogP contribution in [0.4, 0.5) is 10.1 Å². The zero-order valence-corrected chi connectivity index (χ0v) is 16.1. The number of carbonyl (C=O) groups excluding carboxylic acids is 3. The largest absolute Gasteiger partial charge is 0.460 e. The van der Waals surface area contributed by atoms with Crippen molar-refractivity contribution in [2.75, 3.05) is 11.9 Å². The fraction of sp³-hybridized carbons (Fsp3) is 0.350. The molecule has 7 heteroatoms. The van der Waals surface area contributed by atoms with E-state index in [1.54, 1.807) is 32.4 Å². The fourth-order valence-electron chi connectivity index (χ4n) is 3.14. The fourth-order valence-corrected chi connectivity index (χ4v) is 3.14. The predicted molar refractivity (Wildman–Crippen MR) is 99.6 cm³/mol. The molecule has 0 aliphatic heterocycles. The number of halogens is 1. The Hall–Kier alpha value is -2.96. The van der Waals surface area contributed by atoms with E-state index in [0.29, 0.717) is 34.5 Å². The highest BCUT2D eigenvalue weighted by atomic mass is 19.1. The maximum Gasteiger partial charge on any atom is 0.381 e. The van der Waals surface area contributed by atoms with Crippen LogP contribution >= 0.6 is 0 Å². The van der Waals surface area contributed by atoms with Gasteiger partial charge in [-0.3, -0.25) is 9.59 Å². The van der Waals surface area contributed by atoms with Crippen LogP contribution < -0.4 is 5.32 Å². The first-order valence-corrected chi connectivity index (χ1v) is 8.69. The van der Waals surface area contributed by atoms with Crippen molar-refractivity contribution in [3.05, 3.63) is 52.1 Å². The van der Waals surface area contributed by atoms with Crippen LogP contribution in [0.5, 0.6) is 0 Å². The van der Waals surface area contributed by atoms with E-state index in [2.05, 4.69) is 5.32 Å². The number of aromatic nitrogens is 1. The van der Waals surface area contributed by atoms with E-state index in [0.717, 1.165) is 0 Å². The molecule has 2 rings (SSSR count). The maximum atomic E-state index is 13.4. The third-order valence-corrected chi connectivity index (χ3v) is 4.41. The molecule has 0 saturated heterocycles. The normalized spacial score (nSPS) is 10.6. The van der Waals surface area contributed by atoms with Crippen molar-refractivity contribution in [2.45, 2.75) is 34.1 Å². The van der Waals surface area contributed by atoms with Crippen molar-refractivity contribution in [1.29, 1.82) is 0 Å². The van der Waals surface area contributed by atoms with Gasteiger partial charge in [0.05, 0.1) is 12.2 Å². The number of anilines is 1. The smallest absolute Gasteiger partial charge is 0.381 e. The van der Waals surface area contributed by atoms with E-state index in [1.165, 1.54) is 18.2 Å². The number of esters is 1. The number of nitrogens with zero attached hydrogens (tertiary/aromatic N) is 1. The number of Topliss-reactive ketones (excluding diaryl/α,β-unsaturated/α-hetero) is 1. The second-order valence-electron chi connectivity index (χ2n) is 6.18. The van der Waals surface area contributed by atoms with Crippen LogP contribution in [0.3, 0.4) is 0 Å². The van der Waals surface area contributed by atoms with Gasteiger partial charge in [0.25, 0.3) is 11.7 Å². The SMILES string of the molecule is CCOC(=O)C(=O)c1c(C)c(C(=O)Nc2ccc(F)c(C)c2)c(CC)n1C. The highest BCUT2D eigenvalue weighted by Crippen LogP contribution is 2.25. The molecule has 144 valence electrons. The number of benzene rings is 1. The molecule has 2 aromatic rings. The number of hydrogen-bond acceptors (Lipinski definition) is 4. The quantitative estimate of drug-likeness (QED) is 0.478. The lowest BCUT2D eigenvalue weighted by molar-refractivity contribution is -0.137. The van der Waals surface area contributed by atoms with Gasteiger partial charge in [0.15, 0.2) is 0 Å². The topological polar surface area (TPSA) is 77.4 Å². The Morgan fingerprint density at radius 2 is 1.85 bits per heavy atom. The van der Waals surface area contributed by atoms with E-state index >= 15 is 0 Å². The molecule has 0 aliphatic carbocycles. The Morgan fingerprint density at radius 1 is 1.19 bits per heavy atom. The van der Waals surface area contributed by atoms with E-state index in [1.807, 2.05) is 6.92 Å². The van der Waals surface area contributed by atoms with Crippen LogP contribution in [0.15, 0.2) is 18.2 Å². The summed E-state index contributed by atoms with van der Waals surface area (Å²) in [5.74, 6) is -2.53. The maximum absolute atomic E-state index is 13.4. The van der Waals surface area contributed by atoms with Gasteiger partial charge in [0.1, 0.15) is 11.5 Å². The van der Waals surface area contributed by atoms with Crippen molar-refractivity contribution >= 4 is 23.3 Å². The van der Waals surface area contributed by atoms with E-state index in [9.17, 15) is 18.8 Å². The summed E-state index contributed by atoms with van der Waals surface area (Å²) in [6.45, 7) is 6.78. The zero-order chi connectivity index (χ0) is 20.3. The van der Waals surface area contributed by atoms with Crippen molar-refractivity contribution in [2.24, 2.45) is 7.05 Å². The van der Waals surface area contributed by atoms with Gasteiger partial charge in [-0.2, -0.15) is 0 Å².